The van der Waals surface area contributed by atoms with Crippen LogP contribution in [-0.2, 0) is 9.47 Å². The predicted octanol–water partition coefficient (Wildman–Crippen LogP) is 3.30. The molecule has 4 aliphatic rings. The van der Waals surface area contributed by atoms with Crippen molar-refractivity contribution in [1.82, 2.24) is 39.6 Å². The molecule has 0 saturated carbocycles. The van der Waals surface area contributed by atoms with E-state index in [9.17, 15) is 0 Å². The van der Waals surface area contributed by atoms with Crippen LogP contribution in [0.5, 0.6) is 0 Å². The minimum atomic E-state index is 0.107. The van der Waals surface area contributed by atoms with Gasteiger partial charge in [0.05, 0.1) is 43.5 Å². The van der Waals surface area contributed by atoms with Crippen LogP contribution in [0.2, 0.25) is 0 Å². The quantitative estimate of drug-likeness (QED) is 0.287. The maximum Gasteiger partial charge on any atom is 0.187 e. The van der Waals surface area contributed by atoms with Gasteiger partial charge in [0.15, 0.2) is 11.3 Å². The van der Waals surface area contributed by atoms with Crippen molar-refractivity contribution in [3.63, 3.8) is 0 Å². The predicted molar refractivity (Wildman–Crippen MR) is 145 cm³/mol. The summed E-state index contributed by atoms with van der Waals surface area (Å²) in [6, 6.07) is 0. The number of aromatic nitrogens is 8. The molecule has 8 heterocycles. The molecule has 0 aliphatic carbocycles. The molecule has 190 valence electrons. The average Bonchev–Trinajstić information content (AvgIpc) is 3.63. The maximum absolute atomic E-state index is 5.94. The number of hydrogen-bond donors (Lipinski definition) is 0. The molecular weight excluding hydrogens is 561 g/mol. The van der Waals surface area contributed by atoms with Gasteiger partial charge in [-0.1, -0.05) is 47.0 Å². The molecule has 2 unspecified atom stereocenters. The molecule has 14 heteroatoms. The van der Waals surface area contributed by atoms with Crippen LogP contribution in [0.3, 0.4) is 0 Å². The van der Waals surface area contributed by atoms with Crippen LogP contribution >= 0.6 is 47.0 Å². The van der Waals surface area contributed by atoms with Crippen LogP contribution in [0.15, 0.2) is 19.6 Å². The van der Waals surface area contributed by atoms with E-state index < -0.39 is 0 Å². The van der Waals surface area contributed by atoms with Gasteiger partial charge in [-0.3, -0.25) is 0 Å². The number of ether oxygens (including phenoxy) is 2. The summed E-state index contributed by atoms with van der Waals surface area (Å²) >= 11 is 7.25. The van der Waals surface area contributed by atoms with Gasteiger partial charge in [0.2, 0.25) is 0 Å². The third-order valence-corrected chi connectivity index (χ3v) is 12.3. The van der Waals surface area contributed by atoms with E-state index in [0.717, 1.165) is 58.0 Å². The summed E-state index contributed by atoms with van der Waals surface area (Å²) in [5.41, 5.74) is 6.09. The average molecular weight is 579 g/mol. The van der Waals surface area contributed by atoms with Crippen molar-refractivity contribution >= 4 is 66.8 Å². The summed E-state index contributed by atoms with van der Waals surface area (Å²) in [4.78, 5) is 14.5. The number of fused-ring (bicyclic) bond motifs is 4. The largest absolute Gasteiger partial charge is 0.368 e. The standard InChI is InChI=1S/C24H18N8O2S4/c1-7-13(21-25-9(3)29-31(21)27-7)23-35-17-15(11-5-33-11)19-20(16(12-6-34-12)18(17)36-23)38-24(37-19)14-8(2)28-32-22(14)26-10(4)30-32/h11-12H,5-6H2,1-4H3. The zero-order valence-corrected chi connectivity index (χ0v) is 23.9. The molecule has 0 N–H and O–H groups in total. The molecule has 4 aliphatic heterocycles. The van der Waals surface area contributed by atoms with E-state index in [1.807, 2.05) is 74.7 Å². The van der Waals surface area contributed by atoms with Crippen molar-refractivity contribution in [2.75, 3.05) is 13.2 Å². The normalized spacial score (nSPS) is 21.8. The first-order valence-corrected chi connectivity index (χ1v) is 15.4. The highest BCUT2D eigenvalue weighted by Crippen LogP contribution is 2.67. The highest BCUT2D eigenvalue weighted by molar-refractivity contribution is 8.33. The summed E-state index contributed by atoms with van der Waals surface area (Å²) in [6.07, 6.45) is 0.213. The summed E-state index contributed by atoms with van der Waals surface area (Å²) < 4.78 is 17.6. The van der Waals surface area contributed by atoms with Crippen molar-refractivity contribution < 1.29 is 9.47 Å². The zero-order valence-electron chi connectivity index (χ0n) is 20.6. The first kappa shape index (κ1) is 22.5. The van der Waals surface area contributed by atoms with Crippen molar-refractivity contribution in [2.45, 2.75) is 59.5 Å². The second-order valence-corrected chi connectivity index (χ2v) is 14.2. The monoisotopic (exact) mass is 578 g/mol. The number of thioether (sulfide) groups is 4. The molecule has 0 bridgehead atoms. The molecule has 2 fully saturated rings. The van der Waals surface area contributed by atoms with Crippen LogP contribution < -0.4 is 10.4 Å². The number of nitrogens with zero attached hydrogens (tertiary/aromatic N) is 8. The summed E-state index contributed by atoms with van der Waals surface area (Å²) in [5.74, 6) is 1.45. The third-order valence-electron chi connectivity index (χ3n) is 6.94. The van der Waals surface area contributed by atoms with Crippen molar-refractivity contribution in [3.05, 3.63) is 44.6 Å². The molecule has 38 heavy (non-hydrogen) atoms. The van der Waals surface area contributed by atoms with E-state index in [1.165, 1.54) is 39.2 Å². The number of aryl methyl sites for hydroxylation is 4. The van der Waals surface area contributed by atoms with E-state index >= 15 is 0 Å². The summed E-state index contributed by atoms with van der Waals surface area (Å²) in [5, 5.41) is 20.3. The first-order chi connectivity index (χ1) is 18.4. The summed E-state index contributed by atoms with van der Waals surface area (Å²) in [7, 11) is 0. The Balaban J connectivity index is 1.29. The first-order valence-electron chi connectivity index (χ1n) is 12.1. The zero-order chi connectivity index (χ0) is 25.4. The summed E-state index contributed by atoms with van der Waals surface area (Å²) in [6.45, 7) is 9.36. The second-order valence-electron chi connectivity index (χ2n) is 9.64. The lowest BCUT2D eigenvalue weighted by molar-refractivity contribution is 0.401. The van der Waals surface area contributed by atoms with Gasteiger partial charge in [0.25, 0.3) is 0 Å². The lowest BCUT2D eigenvalue weighted by Gasteiger charge is -2.14. The minimum Gasteiger partial charge on any atom is -0.368 e. The van der Waals surface area contributed by atoms with E-state index in [-0.39, 0.29) is 12.2 Å². The smallest absolute Gasteiger partial charge is 0.187 e. The Morgan fingerprint density at radius 3 is 1.32 bits per heavy atom. The van der Waals surface area contributed by atoms with Crippen molar-refractivity contribution in [3.8, 4) is 0 Å². The minimum absolute atomic E-state index is 0.107. The fourth-order valence-corrected chi connectivity index (χ4v) is 11.4. The fraction of sp³-hybridized carbons (Fsp3) is 0.333. The molecule has 10 nitrogen and oxygen atoms in total. The lowest BCUT2D eigenvalue weighted by atomic mass is 10.1. The highest BCUT2D eigenvalue weighted by Gasteiger charge is 2.45. The molecule has 2 atom stereocenters. The van der Waals surface area contributed by atoms with E-state index in [4.69, 9.17) is 9.47 Å². The molecule has 9 rings (SSSR count). The Morgan fingerprint density at radius 1 is 0.605 bits per heavy atom. The molecule has 2 saturated heterocycles. The van der Waals surface area contributed by atoms with Gasteiger partial charge >= 0.3 is 0 Å². The van der Waals surface area contributed by atoms with Gasteiger partial charge in [-0.2, -0.15) is 10.2 Å². The molecule has 5 aromatic rings. The third kappa shape index (κ3) is 3.09. The fourth-order valence-electron chi connectivity index (χ4n) is 5.18. The van der Waals surface area contributed by atoms with Crippen LogP contribution in [0, 0.1) is 27.7 Å². The Bertz CT molecular complexity index is 1830. The molecule has 4 aromatic heterocycles. The van der Waals surface area contributed by atoms with Gasteiger partial charge in [-0.05, 0) is 27.7 Å². The Hall–Kier alpha value is -2.36. The second kappa shape index (κ2) is 7.64. The van der Waals surface area contributed by atoms with E-state index in [1.54, 1.807) is 9.26 Å². The van der Waals surface area contributed by atoms with Crippen molar-refractivity contribution in [2.24, 2.45) is 0 Å². The number of rotatable bonds is 2. The van der Waals surface area contributed by atoms with Crippen LogP contribution in [0.25, 0.3) is 19.8 Å². The SMILES string of the molecule is Cc1nc2c(=C3Sc4c(c(C5CO5)c5c(c4C4CO4)SC(=c4c(C)nn6nc(C)nc46)S5)S3)c(C)nn2n1. The van der Waals surface area contributed by atoms with Gasteiger partial charge < -0.3 is 9.47 Å². The maximum atomic E-state index is 5.94. The van der Waals surface area contributed by atoms with Gasteiger partial charge in [-0.15, -0.1) is 19.5 Å². The Morgan fingerprint density at radius 2 is 0.974 bits per heavy atom. The number of benzene rings is 1. The Labute approximate surface area is 232 Å². The van der Waals surface area contributed by atoms with Gasteiger partial charge in [0, 0.05) is 30.7 Å². The van der Waals surface area contributed by atoms with Gasteiger partial charge in [-0.25, -0.2) is 9.97 Å². The van der Waals surface area contributed by atoms with Gasteiger partial charge in [0.1, 0.15) is 23.9 Å². The van der Waals surface area contributed by atoms with Crippen molar-refractivity contribution in [1.29, 1.82) is 0 Å². The molecule has 1 aromatic carbocycles. The van der Waals surface area contributed by atoms with Crippen LogP contribution in [-0.4, -0.2) is 52.8 Å². The van der Waals surface area contributed by atoms with E-state index in [2.05, 4.69) is 30.4 Å². The van der Waals surface area contributed by atoms with Crippen LogP contribution in [0.1, 0.15) is 46.4 Å². The number of epoxide rings is 2. The lowest BCUT2D eigenvalue weighted by Crippen LogP contribution is -2.05. The molecule has 0 spiro atoms. The molecular formula is C24H18N8O2S4. The van der Waals surface area contributed by atoms with E-state index in [0.29, 0.717) is 0 Å². The number of hydrogen-bond acceptors (Lipinski definition) is 12. The molecule has 0 amide bonds. The highest BCUT2D eigenvalue weighted by atomic mass is 32.2. The molecule has 0 radical (unpaired) electrons. The Kier molecular flexibility index (Phi) is 4.51. The topological polar surface area (TPSA) is 111 Å². The van der Waals surface area contributed by atoms with Crippen LogP contribution in [0.4, 0.5) is 0 Å².